The van der Waals surface area contributed by atoms with E-state index in [-0.39, 0.29) is 17.3 Å². The van der Waals surface area contributed by atoms with Gasteiger partial charge in [-0.25, -0.2) is 0 Å². The number of halogens is 1. The van der Waals surface area contributed by atoms with Crippen LogP contribution in [0.25, 0.3) is 0 Å². The maximum Gasteiger partial charge on any atom is 0.253 e. The number of carbonyl (C=O) groups is 1. The molecule has 0 saturated carbocycles. The molecule has 0 fully saturated rings. The van der Waals surface area contributed by atoms with Crippen LogP contribution in [0.3, 0.4) is 0 Å². The van der Waals surface area contributed by atoms with Crippen molar-refractivity contribution in [2.45, 2.75) is 24.8 Å². The van der Waals surface area contributed by atoms with Gasteiger partial charge in [0.2, 0.25) is 0 Å². The van der Waals surface area contributed by atoms with Gasteiger partial charge in [0.05, 0.1) is 17.0 Å². The van der Waals surface area contributed by atoms with Crippen molar-refractivity contribution >= 4 is 17.5 Å². The SMILES string of the molecule is Cc1ccc(C(=O)NC2c3ccccc3CC2Cl)cn1. The predicted octanol–water partition coefficient (Wildman–Crippen LogP) is 3.02. The van der Waals surface area contributed by atoms with E-state index in [2.05, 4.69) is 16.4 Å². The fourth-order valence-corrected chi connectivity index (χ4v) is 2.91. The van der Waals surface area contributed by atoms with Crippen LogP contribution in [0, 0.1) is 6.92 Å². The van der Waals surface area contributed by atoms with E-state index in [0.29, 0.717) is 5.56 Å². The first-order valence-electron chi connectivity index (χ1n) is 6.60. The van der Waals surface area contributed by atoms with Crippen molar-refractivity contribution < 1.29 is 4.79 Å². The highest BCUT2D eigenvalue weighted by molar-refractivity contribution is 6.21. The Morgan fingerprint density at radius 2 is 2.10 bits per heavy atom. The van der Waals surface area contributed by atoms with Gasteiger partial charge in [0.15, 0.2) is 0 Å². The van der Waals surface area contributed by atoms with E-state index in [1.807, 2.05) is 31.2 Å². The Morgan fingerprint density at radius 3 is 2.85 bits per heavy atom. The molecule has 0 aliphatic heterocycles. The van der Waals surface area contributed by atoms with E-state index in [1.54, 1.807) is 12.3 Å². The third-order valence-corrected chi connectivity index (χ3v) is 4.03. The number of pyridine rings is 1. The number of alkyl halides is 1. The van der Waals surface area contributed by atoms with Gasteiger partial charge in [-0.1, -0.05) is 24.3 Å². The molecule has 0 saturated heterocycles. The molecule has 2 atom stereocenters. The van der Waals surface area contributed by atoms with E-state index in [4.69, 9.17) is 11.6 Å². The Hall–Kier alpha value is -1.87. The molecule has 102 valence electrons. The molecule has 1 aliphatic rings. The highest BCUT2D eigenvalue weighted by Crippen LogP contribution is 2.34. The number of nitrogens with one attached hydrogen (secondary N) is 1. The molecule has 1 aromatic carbocycles. The van der Waals surface area contributed by atoms with Gasteiger partial charge in [-0.05, 0) is 36.6 Å². The number of nitrogens with zero attached hydrogens (tertiary/aromatic N) is 1. The molecular formula is C16H15ClN2O. The van der Waals surface area contributed by atoms with Crippen molar-refractivity contribution in [1.82, 2.24) is 10.3 Å². The number of carbonyl (C=O) groups excluding carboxylic acids is 1. The van der Waals surface area contributed by atoms with Gasteiger partial charge >= 0.3 is 0 Å². The predicted molar refractivity (Wildman–Crippen MR) is 79.0 cm³/mol. The van der Waals surface area contributed by atoms with Crippen molar-refractivity contribution in [3.63, 3.8) is 0 Å². The van der Waals surface area contributed by atoms with Crippen molar-refractivity contribution in [2.75, 3.05) is 0 Å². The number of hydrogen-bond acceptors (Lipinski definition) is 2. The average molecular weight is 287 g/mol. The number of benzene rings is 1. The maximum absolute atomic E-state index is 12.3. The average Bonchev–Trinajstić information content (AvgIpc) is 2.76. The number of aryl methyl sites for hydroxylation is 1. The molecule has 1 aromatic heterocycles. The smallest absolute Gasteiger partial charge is 0.253 e. The van der Waals surface area contributed by atoms with Crippen molar-refractivity contribution in [1.29, 1.82) is 0 Å². The minimum Gasteiger partial charge on any atom is -0.344 e. The lowest BCUT2D eigenvalue weighted by Gasteiger charge is -2.17. The highest BCUT2D eigenvalue weighted by atomic mass is 35.5. The van der Waals surface area contributed by atoms with Crippen molar-refractivity contribution in [2.24, 2.45) is 0 Å². The number of hydrogen-bond donors (Lipinski definition) is 1. The summed E-state index contributed by atoms with van der Waals surface area (Å²) in [6.07, 6.45) is 2.38. The summed E-state index contributed by atoms with van der Waals surface area (Å²) in [5, 5.41) is 2.91. The van der Waals surface area contributed by atoms with Crippen LogP contribution in [0.4, 0.5) is 0 Å². The van der Waals surface area contributed by atoms with Crippen LogP contribution in [-0.2, 0) is 6.42 Å². The fraction of sp³-hybridized carbons (Fsp3) is 0.250. The minimum absolute atomic E-state index is 0.102. The summed E-state index contributed by atoms with van der Waals surface area (Å²) >= 11 is 6.37. The zero-order valence-electron chi connectivity index (χ0n) is 11.1. The topological polar surface area (TPSA) is 42.0 Å². The first-order chi connectivity index (χ1) is 9.65. The minimum atomic E-state index is -0.137. The molecule has 1 aliphatic carbocycles. The van der Waals surface area contributed by atoms with Crippen molar-refractivity contribution in [3.05, 3.63) is 65.0 Å². The number of aromatic nitrogens is 1. The first-order valence-corrected chi connectivity index (χ1v) is 7.04. The van der Waals surface area contributed by atoms with Crippen molar-refractivity contribution in [3.8, 4) is 0 Å². The highest BCUT2D eigenvalue weighted by Gasteiger charge is 2.32. The van der Waals surface area contributed by atoms with E-state index >= 15 is 0 Å². The maximum atomic E-state index is 12.3. The Balaban J connectivity index is 1.81. The third-order valence-electron chi connectivity index (χ3n) is 3.63. The molecular weight excluding hydrogens is 272 g/mol. The Bertz CT molecular complexity index is 639. The second-order valence-corrected chi connectivity index (χ2v) is 5.62. The number of fused-ring (bicyclic) bond motifs is 1. The Morgan fingerprint density at radius 1 is 1.30 bits per heavy atom. The summed E-state index contributed by atoms with van der Waals surface area (Å²) in [5.41, 5.74) is 3.77. The van der Waals surface area contributed by atoms with E-state index < -0.39 is 0 Å². The molecule has 3 nitrogen and oxygen atoms in total. The molecule has 1 N–H and O–H groups in total. The summed E-state index contributed by atoms with van der Waals surface area (Å²) < 4.78 is 0. The molecule has 2 aromatic rings. The summed E-state index contributed by atoms with van der Waals surface area (Å²) in [6.45, 7) is 1.89. The second-order valence-electron chi connectivity index (χ2n) is 5.06. The molecule has 1 amide bonds. The molecule has 3 rings (SSSR count). The zero-order chi connectivity index (χ0) is 14.1. The van der Waals surface area contributed by atoms with Gasteiger partial charge in [0.1, 0.15) is 0 Å². The lowest BCUT2D eigenvalue weighted by atomic mass is 10.1. The lowest BCUT2D eigenvalue weighted by Crippen LogP contribution is -2.31. The van der Waals surface area contributed by atoms with Crippen LogP contribution in [0.2, 0.25) is 0 Å². The molecule has 0 radical (unpaired) electrons. The summed E-state index contributed by atoms with van der Waals surface area (Å²) in [7, 11) is 0. The molecule has 0 bridgehead atoms. The quantitative estimate of drug-likeness (QED) is 0.862. The second kappa shape index (κ2) is 5.25. The van der Waals surface area contributed by atoms with E-state index in [1.165, 1.54) is 5.56 Å². The van der Waals surface area contributed by atoms with Crippen LogP contribution in [0.5, 0.6) is 0 Å². The molecule has 1 heterocycles. The summed E-state index contributed by atoms with van der Waals surface area (Å²) in [5.74, 6) is -0.134. The standard InChI is InChI=1S/C16H15ClN2O/c1-10-6-7-12(9-18-10)16(20)19-15-13-5-3-2-4-11(13)8-14(15)17/h2-7,9,14-15H,8H2,1H3,(H,19,20). The summed E-state index contributed by atoms with van der Waals surface area (Å²) in [4.78, 5) is 16.4. The van der Waals surface area contributed by atoms with Gasteiger partial charge in [-0.3, -0.25) is 9.78 Å². The number of amides is 1. The largest absolute Gasteiger partial charge is 0.344 e. The zero-order valence-corrected chi connectivity index (χ0v) is 11.9. The third kappa shape index (κ3) is 2.41. The van der Waals surface area contributed by atoms with Gasteiger partial charge in [0.25, 0.3) is 5.91 Å². The Labute approximate surface area is 123 Å². The van der Waals surface area contributed by atoms with Crippen LogP contribution < -0.4 is 5.32 Å². The van der Waals surface area contributed by atoms with Crippen LogP contribution in [0.15, 0.2) is 42.6 Å². The number of rotatable bonds is 2. The Kier molecular flexibility index (Phi) is 3.45. The normalized spacial score (nSPS) is 20.5. The van der Waals surface area contributed by atoms with E-state index in [9.17, 15) is 4.79 Å². The monoisotopic (exact) mass is 286 g/mol. The first kappa shape index (κ1) is 13.1. The van der Waals surface area contributed by atoms with Gasteiger partial charge < -0.3 is 5.32 Å². The lowest BCUT2D eigenvalue weighted by molar-refractivity contribution is 0.0937. The molecule has 4 heteroatoms. The van der Waals surface area contributed by atoms with Crippen LogP contribution >= 0.6 is 11.6 Å². The molecule has 2 unspecified atom stereocenters. The van der Waals surface area contributed by atoms with Crippen LogP contribution in [0.1, 0.15) is 33.2 Å². The molecule has 0 spiro atoms. The van der Waals surface area contributed by atoms with Gasteiger partial charge in [0, 0.05) is 11.9 Å². The fourth-order valence-electron chi connectivity index (χ4n) is 2.54. The molecule has 20 heavy (non-hydrogen) atoms. The summed E-state index contributed by atoms with van der Waals surface area (Å²) in [6, 6.07) is 11.5. The van der Waals surface area contributed by atoms with E-state index in [0.717, 1.165) is 17.7 Å². The van der Waals surface area contributed by atoms with Gasteiger partial charge in [-0.2, -0.15) is 0 Å². The van der Waals surface area contributed by atoms with Crippen LogP contribution in [-0.4, -0.2) is 16.3 Å². The van der Waals surface area contributed by atoms with Gasteiger partial charge in [-0.15, -0.1) is 11.6 Å².